The summed E-state index contributed by atoms with van der Waals surface area (Å²) in [6.07, 6.45) is 0.117. The molecule has 1 heterocycles. The van der Waals surface area contributed by atoms with E-state index in [1.54, 1.807) is 35.4 Å². The average molecular weight is 409 g/mol. The van der Waals surface area contributed by atoms with Crippen LogP contribution in [0.3, 0.4) is 0 Å². The van der Waals surface area contributed by atoms with Crippen LogP contribution in [0.1, 0.15) is 50.6 Å². The molecular weight excluding hydrogens is 380 g/mol. The Morgan fingerprint density at radius 3 is 2.33 bits per heavy atom. The van der Waals surface area contributed by atoms with Crippen LogP contribution >= 0.6 is 11.3 Å². The average Bonchev–Trinajstić information content (AvgIpc) is 3.14. The molecule has 1 atom stereocenters. The molecule has 148 valence electrons. The lowest BCUT2D eigenvalue weighted by molar-refractivity contribution is -0.131. The Morgan fingerprint density at radius 2 is 1.81 bits per heavy atom. The zero-order valence-corrected chi connectivity index (χ0v) is 18.2. The Hall–Kier alpha value is -1.70. The van der Waals surface area contributed by atoms with Gasteiger partial charge in [-0.25, -0.2) is 13.1 Å². The van der Waals surface area contributed by atoms with Gasteiger partial charge in [0, 0.05) is 24.9 Å². The number of carbonyl (C=O) groups is 1. The number of carbonyl (C=O) groups excluding carboxylic acids is 1. The first-order valence-corrected chi connectivity index (χ1v) is 11.3. The van der Waals surface area contributed by atoms with Gasteiger partial charge in [0.05, 0.1) is 10.9 Å². The summed E-state index contributed by atoms with van der Waals surface area (Å²) < 4.78 is 27.4. The van der Waals surface area contributed by atoms with Crippen molar-refractivity contribution in [3.8, 4) is 0 Å². The summed E-state index contributed by atoms with van der Waals surface area (Å²) in [5.74, 6) is -0.0957. The lowest BCUT2D eigenvalue weighted by Gasteiger charge is -2.24. The van der Waals surface area contributed by atoms with Gasteiger partial charge in [-0.15, -0.1) is 11.3 Å². The molecule has 0 saturated heterocycles. The van der Waals surface area contributed by atoms with Crippen LogP contribution in [-0.4, -0.2) is 32.8 Å². The van der Waals surface area contributed by atoms with Crippen molar-refractivity contribution in [2.75, 3.05) is 13.6 Å². The molecule has 1 aromatic carbocycles. The topological polar surface area (TPSA) is 66.5 Å². The van der Waals surface area contributed by atoms with Gasteiger partial charge in [0.2, 0.25) is 15.9 Å². The van der Waals surface area contributed by atoms with Crippen LogP contribution < -0.4 is 4.72 Å². The van der Waals surface area contributed by atoms with E-state index in [9.17, 15) is 13.2 Å². The number of hydrogen-bond donors (Lipinski definition) is 1. The van der Waals surface area contributed by atoms with E-state index in [0.29, 0.717) is 0 Å². The maximum Gasteiger partial charge on any atom is 0.240 e. The normalized spacial score (nSPS) is 13.4. The Balaban J connectivity index is 1.92. The summed E-state index contributed by atoms with van der Waals surface area (Å²) in [6, 6.07) is 10.8. The second kappa shape index (κ2) is 8.54. The number of rotatable bonds is 7. The fourth-order valence-electron chi connectivity index (χ4n) is 2.62. The van der Waals surface area contributed by atoms with Crippen molar-refractivity contribution in [2.45, 2.75) is 50.5 Å². The highest BCUT2D eigenvalue weighted by Crippen LogP contribution is 2.24. The fraction of sp³-hybridized carbons (Fsp3) is 0.450. The highest BCUT2D eigenvalue weighted by atomic mass is 32.2. The molecule has 5 nitrogen and oxygen atoms in total. The number of thiophene rings is 1. The molecule has 1 aromatic heterocycles. The number of nitrogens with zero attached hydrogens (tertiary/aromatic N) is 1. The van der Waals surface area contributed by atoms with Crippen molar-refractivity contribution in [1.82, 2.24) is 9.62 Å². The van der Waals surface area contributed by atoms with Crippen molar-refractivity contribution in [3.63, 3.8) is 0 Å². The molecule has 0 saturated carbocycles. The molecule has 0 aliphatic heterocycles. The number of sulfonamides is 1. The standard InChI is InChI=1S/C20H28N2O3S2/c1-15(18-7-6-14-26-18)22(5)19(23)12-13-21-27(24,25)17-10-8-16(9-11-17)20(2,3)4/h6-11,14-15,21H,12-13H2,1-5H3. The van der Waals surface area contributed by atoms with E-state index in [4.69, 9.17) is 0 Å². The van der Waals surface area contributed by atoms with Gasteiger partial charge in [0.15, 0.2) is 0 Å². The lowest BCUT2D eigenvalue weighted by Crippen LogP contribution is -2.33. The summed E-state index contributed by atoms with van der Waals surface area (Å²) in [4.78, 5) is 15.3. The van der Waals surface area contributed by atoms with Crippen LogP contribution in [-0.2, 0) is 20.2 Å². The largest absolute Gasteiger partial charge is 0.338 e. The van der Waals surface area contributed by atoms with Crippen LogP contribution in [0.2, 0.25) is 0 Å². The first kappa shape index (κ1) is 21.6. The van der Waals surface area contributed by atoms with Crippen LogP contribution in [0.15, 0.2) is 46.7 Å². The maximum atomic E-state index is 12.4. The third-order valence-electron chi connectivity index (χ3n) is 4.59. The van der Waals surface area contributed by atoms with E-state index in [0.717, 1.165) is 10.4 Å². The van der Waals surface area contributed by atoms with E-state index < -0.39 is 10.0 Å². The van der Waals surface area contributed by atoms with Gasteiger partial charge in [0.1, 0.15) is 0 Å². The molecule has 2 aromatic rings. The zero-order valence-electron chi connectivity index (χ0n) is 16.5. The van der Waals surface area contributed by atoms with Crippen molar-refractivity contribution >= 4 is 27.3 Å². The van der Waals surface area contributed by atoms with E-state index in [2.05, 4.69) is 25.5 Å². The van der Waals surface area contributed by atoms with Crippen LogP contribution in [0.25, 0.3) is 0 Å². The second-order valence-corrected chi connectivity index (χ2v) is 10.4. The number of nitrogens with one attached hydrogen (secondary N) is 1. The molecule has 0 fully saturated rings. The summed E-state index contributed by atoms with van der Waals surface area (Å²) in [6.45, 7) is 8.27. The summed E-state index contributed by atoms with van der Waals surface area (Å²) in [7, 11) is -1.88. The van der Waals surface area contributed by atoms with Crippen LogP contribution in [0.4, 0.5) is 0 Å². The van der Waals surface area contributed by atoms with Gasteiger partial charge >= 0.3 is 0 Å². The molecule has 0 bridgehead atoms. The minimum atomic E-state index is -3.63. The molecule has 0 aliphatic carbocycles. The monoisotopic (exact) mass is 408 g/mol. The minimum Gasteiger partial charge on any atom is -0.338 e. The third-order valence-corrected chi connectivity index (χ3v) is 7.11. The molecule has 0 radical (unpaired) electrons. The molecule has 2 rings (SSSR count). The van der Waals surface area contributed by atoms with Crippen molar-refractivity contribution in [1.29, 1.82) is 0 Å². The molecule has 1 amide bonds. The van der Waals surface area contributed by atoms with E-state index in [1.807, 2.05) is 36.6 Å². The summed E-state index contributed by atoms with van der Waals surface area (Å²) >= 11 is 1.60. The van der Waals surface area contributed by atoms with Gasteiger partial charge in [-0.3, -0.25) is 4.79 Å². The van der Waals surface area contributed by atoms with Crippen molar-refractivity contribution < 1.29 is 13.2 Å². The second-order valence-electron chi connectivity index (χ2n) is 7.62. The number of amides is 1. The highest BCUT2D eigenvalue weighted by molar-refractivity contribution is 7.89. The Kier molecular flexibility index (Phi) is 6.83. The zero-order chi connectivity index (χ0) is 20.2. The van der Waals surface area contributed by atoms with Crippen molar-refractivity contribution in [2.24, 2.45) is 0 Å². The molecule has 0 aliphatic rings. The Morgan fingerprint density at radius 1 is 1.19 bits per heavy atom. The van der Waals surface area contributed by atoms with Crippen molar-refractivity contribution in [3.05, 3.63) is 52.2 Å². The third kappa shape index (κ3) is 5.64. The molecule has 7 heteroatoms. The summed E-state index contributed by atoms with van der Waals surface area (Å²) in [5.41, 5.74) is 1.03. The molecule has 1 N–H and O–H groups in total. The Labute approximate surface area is 166 Å². The van der Waals surface area contributed by atoms with E-state index in [1.165, 1.54) is 0 Å². The summed E-state index contributed by atoms with van der Waals surface area (Å²) in [5, 5.41) is 1.98. The van der Waals surface area contributed by atoms with Gasteiger partial charge in [-0.05, 0) is 41.5 Å². The van der Waals surface area contributed by atoms with Crippen LogP contribution in [0, 0.1) is 0 Å². The first-order valence-electron chi connectivity index (χ1n) is 8.91. The lowest BCUT2D eigenvalue weighted by atomic mass is 9.87. The smallest absolute Gasteiger partial charge is 0.240 e. The van der Waals surface area contributed by atoms with Gasteiger partial charge in [0.25, 0.3) is 0 Å². The quantitative estimate of drug-likeness (QED) is 0.755. The molecule has 27 heavy (non-hydrogen) atoms. The molecule has 1 unspecified atom stereocenters. The molecular formula is C20H28N2O3S2. The van der Waals surface area contributed by atoms with Crippen LogP contribution in [0.5, 0.6) is 0 Å². The van der Waals surface area contributed by atoms with E-state index >= 15 is 0 Å². The maximum absolute atomic E-state index is 12.4. The Bertz CT molecular complexity index is 852. The molecule has 0 spiro atoms. The van der Waals surface area contributed by atoms with Gasteiger partial charge in [-0.1, -0.05) is 39.0 Å². The predicted octanol–water partition coefficient (Wildman–Crippen LogP) is 3.93. The fourth-order valence-corrected chi connectivity index (χ4v) is 4.48. The first-order chi connectivity index (χ1) is 12.5. The highest BCUT2D eigenvalue weighted by Gasteiger charge is 2.20. The minimum absolute atomic E-state index is 0.0287. The number of hydrogen-bond acceptors (Lipinski definition) is 4. The predicted molar refractivity (Wildman–Crippen MR) is 110 cm³/mol. The van der Waals surface area contributed by atoms with Gasteiger partial charge < -0.3 is 4.90 Å². The van der Waals surface area contributed by atoms with Gasteiger partial charge in [-0.2, -0.15) is 0 Å². The SMILES string of the molecule is CC(c1cccs1)N(C)C(=O)CCNS(=O)(=O)c1ccc(C(C)(C)C)cc1. The number of benzene rings is 1. The van der Waals surface area contributed by atoms with E-state index in [-0.39, 0.29) is 35.2 Å².